The summed E-state index contributed by atoms with van der Waals surface area (Å²) in [5.74, 6) is 0. The highest BCUT2D eigenvalue weighted by Gasteiger charge is 2.09. The predicted molar refractivity (Wildman–Crippen MR) is 45.9 cm³/mol. The summed E-state index contributed by atoms with van der Waals surface area (Å²) >= 11 is 0. The van der Waals surface area contributed by atoms with Crippen molar-refractivity contribution in [1.82, 2.24) is 9.97 Å². The van der Waals surface area contributed by atoms with Crippen LogP contribution in [0.15, 0.2) is 29.4 Å². The average Bonchev–Trinajstić information content (AvgIpc) is 2.47. The van der Waals surface area contributed by atoms with E-state index in [-0.39, 0.29) is 4.90 Å². The van der Waals surface area contributed by atoms with E-state index in [4.69, 9.17) is 4.55 Å². The number of fused-ring (bicyclic) bond motifs is 1. The Morgan fingerprint density at radius 1 is 1.38 bits per heavy atom. The highest BCUT2D eigenvalue weighted by atomic mass is 32.2. The molecule has 5 nitrogen and oxygen atoms in total. The van der Waals surface area contributed by atoms with E-state index in [0.717, 1.165) is 0 Å². The summed E-state index contributed by atoms with van der Waals surface area (Å²) < 4.78 is 30.2. The zero-order valence-corrected chi connectivity index (χ0v) is 7.25. The topological polar surface area (TPSA) is 83.1 Å². The van der Waals surface area contributed by atoms with E-state index in [1.54, 1.807) is 0 Å². The van der Waals surface area contributed by atoms with E-state index >= 15 is 0 Å². The minimum absolute atomic E-state index is 0.135. The molecule has 0 radical (unpaired) electrons. The first-order chi connectivity index (χ1) is 6.07. The second-order valence-electron chi connectivity index (χ2n) is 2.56. The van der Waals surface area contributed by atoms with E-state index < -0.39 is 10.1 Å². The molecule has 0 saturated carbocycles. The molecule has 1 aromatic carbocycles. The van der Waals surface area contributed by atoms with Crippen LogP contribution in [0.2, 0.25) is 0 Å². The van der Waals surface area contributed by atoms with Crippen molar-refractivity contribution in [3.63, 3.8) is 0 Å². The number of hydrogen-bond acceptors (Lipinski definition) is 3. The van der Waals surface area contributed by atoms with Crippen molar-refractivity contribution < 1.29 is 13.0 Å². The van der Waals surface area contributed by atoms with Gasteiger partial charge in [-0.3, -0.25) is 4.55 Å². The van der Waals surface area contributed by atoms with Gasteiger partial charge < -0.3 is 4.98 Å². The maximum absolute atomic E-state index is 10.7. The van der Waals surface area contributed by atoms with Crippen molar-refractivity contribution in [3.05, 3.63) is 24.5 Å². The summed E-state index contributed by atoms with van der Waals surface area (Å²) in [5.41, 5.74) is 1.24. The van der Waals surface area contributed by atoms with Gasteiger partial charge in [0.05, 0.1) is 22.3 Å². The number of imidazole rings is 1. The van der Waals surface area contributed by atoms with Crippen LogP contribution in [0.25, 0.3) is 11.0 Å². The molecule has 6 heteroatoms. The summed E-state index contributed by atoms with van der Waals surface area (Å²) in [4.78, 5) is 6.52. The number of hydrogen-bond donors (Lipinski definition) is 2. The number of benzene rings is 1. The first-order valence-electron chi connectivity index (χ1n) is 3.48. The molecule has 0 fully saturated rings. The average molecular weight is 198 g/mol. The van der Waals surface area contributed by atoms with Crippen molar-refractivity contribution >= 4 is 21.2 Å². The van der Waals surface area contributed by atoms with Gasteiger partial charge in [-0.25, -0.2) is 4.98 Å². The zero-order chi connectivity index (χ0) is 9.47. The number of nitrogens with zero attached hydrogens (tertiary/aromatic N) is 1. The fraction of sp³-hybridized carbons (Fsp3) is 0. The third-order valence-corrected chi connectivity index (χ3v) is 2.54. The third-order valence-electron chi connectivity index (χ3n) is 1.69. The van der Waals surface area contributed by atoms with Crippen LogP contribution in [0, 0.1) is 0 Å². The van der Waals surface area contributed by atoms with Gasteiger partial charge in [0.25, 0.3) is 10.1 Å². The van der Waals surface area contributed by atoms with Crippen LogP contribution in [-0.4, -0.2) is 22.9 Å². The molecule has 13 heavy (non-hydrogen) atoms. The van der Waals surface area contributed by atoms with Crippen LogP contribution in [-0.2, 0) is 10.1 Å². The maximum atomic E-state index is 10.7. The first-order valence-corrected chi connectivity index (χ1v) is 4.92. The smallest absolute Gasteiger partial charge is 0.294 e. The molecule has 0 unspecified atom stereocenters. The number of rotatable bonds is 1. The highest BCUT2D eigenvalue weighted by molar-refractivity contribution is 7.85. The number of nitrogens with one attached hydrogen (secondary N) is 1. The Balaban J connectivity index is 2.75. The summed E-state index contributed by atoms with van der Waals surface area (Å²) in [5, 5.41) is 0. The Kier molecular flexibility index (Phi) is 1.61. The van der Waals surface area contributed by atoms with Gasteiger partial charge in [-0.2, -0.15) is 8.42 Å². The summed E-state index contributed by atoms with van der Waals surface area (Å²) in [6.07, 6.45) is 1.46. The van der Waals surface area contributed by atoms with Crippen molar-refractivity contribution in [2.45, 2.75) is 4.90 Å². The number of aromatic nitrogens is 2. The summed E-state index contributed by atoms with van der Waals surface area (Å²) in [7, 11) is -4.12. The fourth-order valence-electron chi connectivity index (χ4n) is 1.08. The van der Waals surface area contributed by atoms with E-state index in [2.05, 4.69) is 9.97 Å². The maximum Gasteiger partial charge on any atom is 0.294 e. The standard InChI is InChI=1S/C7H6N2O3S/c10-13(11,12)5-1-2-6-7(3-5)9-4-8-6/h1-4H,(H,8,9)(H,10,11,12). The summed E-state index contributed by atoms with van der Waals surface area (Å²) in [6.45, 7) is 0. The van der Waals surface area contributed by atoms with Gasteiger partial charge in [0.1, 0.15) is 0 Å². The van der Waals surface area contributed by atoms with Gasteiger partial charge in [-0.05, 0) is 18.2 Å². The minimum atomic E-state index is -4.12. The lowest BCUT2D eigenvalue weighted by atomic mass is 10.3. The lowest BCUT2D eigenvalue weighted by Crippen LogP contribution is -1.97. The molecule has 0 aliphatic carbocycles. The van der Waals surface area contributed by atoms with Gasteiger partial charge in [0.2, 0.25) is 0 Å². The highest BCUT2D eigenvalue weighted by Crippen LogP contribution is 2.15. The van der Waals surface area contributed by atoms with Gasteiger partial charge in [0, 0.05) is 0 Å². The molecule has 0 bridgehead atoms. The molecule has 0 atom stereocenters. The minimum Gasteiger partial charge on any atom is -0.345 e. The Labute approximate surface area is 74.2 Å². The lowest BCUT2D eigenvalue weighted by Gasteiger charge is -1.95. The van der Waals surface area contributed by atoms with E-state index in [0.29, 0.717) is 11.0 Å². The Hall–Kier alpha value is -1.40. The van der Waals surface area contributed by atoms with Crippen molar-refractivity contribution in [2.75, 3.05) is 0 Å². The van der Waals surface area contributed by atoms with Crippen LogP contribution in [0.4, 0.5) is 0 Å². The van der Waals surface area contributed by atoms with Gasteiger partial charge >= 0.3 is 0 Å². The molecule has 1 aromatic heterocycles. The van der Waals surface area contributed by atoms with Crippen LogP contribution in [0.3, 0.4) is 0 Å². The monoisotopic (exact) mass is 198 g/mol. The fourth-order valence-corrected chi connectivity index (χ4v) is 1.58. The largest absolute Gasteiger partial charge is 0.345 e. The molecule has 0 saturated heterocycles. The quantitative estimate of drug-likeness (QED) is 0.664. The number of H-pyrrole nitrogens is 1. The van der Waals surface area contributed by atoms with Gasteiger partial charge in [0.15, 0.2) is 0 Å². The predicted octanol–water partition coefficient (Wildman–Crippen LogP) is 0.810. The Morgan fingerprint density at radius 2 is 2.15 bits per heavy atom. The molecule has 0 spiro atoms. The zero-order valence-electron chi connectivity index (χ0n) is 6.43. The van der Waals surface area contributed by atoms with Crippen molar-refractivity contribution in [2.24, 2.45) is 0 Å². The molecule has 0 aliphatic heterocycles. The van der Waals surface area contributed by atoms with Crippen molar-refractivity contribution in [3.8, 4) is 0 Å². The molecular weight excluding hydrogens is 192 g/mol. The SMILES string of the molecule is O=S(=O)(O)c1ccc2nc[nH]c2c1. The van der Waals surface area contributed by atoms with Gasteiger partial charge in [-0.1, -0.05) is 0 Å². The summed E-state index contributed by atoms with van der Waals surface area (Å²) in [6, 6.07) is 4.16. The first kappa shape index (κ1) is 8.21. The molecule has 2 N–H and O–H groups in total. The molecule has 68 valence electrons. The molecule has 1 heterocycles. The van der Waals surface area contributed by atoms with Crippen LogP contribution in [0.5, 0.6) is 0 Å². The molecular formula is C7H6N2O3S. The Morgan fingerprint density at radius 3 is 2.85 bits per heavy atom. The molecule has 2 rings (SSSR count). The van der Waals surface area contributed by atoms with Crippen LogP contribution >= 0.6 is 0 Å². The third kappa shape index (κ3) is 1.41. The van der Waals surface area contributed by atoms with Crippen molar-refractivity contribution in [1.29, 1.82) is 0 Å². The van der Waals surface area contributed by atoms with E-state index in [1.807, 2.05) is 0 Å². The van der Waals surface area contributed by atoms with E-state index in [1.165, 1.54) is 24.5 Å². The lowest BCUT2D eigenvalue weighted by molar-refractivity contribution is 0.483. The molecule has 0 aliphatic rings. The molecule has 0 amide bonds. The second-order valence-corrected chi connectivity index (χ2v) is 3.98. The normalized spacial score (nSPS) is 12.1. The Bertz CT molecular complexity index is 544. The van der Waals surface area contributed by atoms with Gasteiger partial charge in [-0.15, -0.1) is 0 Å². The van der Waals surface area contributed by atoms with Crippen LogP contribution in [0.1, 0.15) is 0 Å². The van der Waals surface area contributed by atoms with E-state index in [9.17, 15) is 8.42 Å². The molecule has 2 aromatic rings. The number of aromatic amines is 1. The van der Waals surface area contributed by atoms with Crippen LogP contribution < -0.4 is 0 Å². The second kappa shape index (κ2) is 2.54.